The summed E-state index contributed by atoms with van der Waals surface area (Å²) in [4.78, 5) is 0. The van der Waals surface area contributed by atoms with Crippen LogP contribution in [0.5, 0.6) is 0 Å². The Morgan fingerprint density at radius 2 is 1.79 bits per heavy atom. The monoisotopic (exact) mass is 279 g/mol. The van der Waals surface area contributed by atoms with Gasteiger partial charge in [0.2, 0.25) is 0 Å². The average molecular weight is 279 g/mol. The van der Waals surface area contributed by atoms with Gasteiger partial charge in [-0.15, -0.1) is 0 Å². The van der Waals surface area contributed by atoms with Crippen molar-refractivity contribution in [1.82, 2.24) is 0 Å². The summed E-state index contributed by atoms with van der Waals surface area (Å²) >= 11 is 2.02. The molecule has 0 radical (unpaired) electrons. The Morgan fingerprint density at radius 3 is 2.37 bits per heavy atom. The van der Waals surface area contributed by atoms with Crippen LogP contribution in [0, 0.1) is 20.8 Å². The zero-order chi connectivity index (χ0) is 13.8. The SMILES string of the molecule is Cc1cc(C)c(C(N)CSC2CCOCC2)c(C)c1. The molecule has 0 bridgehead atoms. The van der Waals surface area contributed by atoms with E-state index in [2.05, 4.69) is 32.9 Å². The molecule has 1 atom stereocenters. The van der Waals surface area contributed by atoms with Crippen molar-refractivity contribution < 1.29 is 4.74 Å². The lowest BCUT2D eigenvalue weighted by Gasteiger charge is -2.24. The fraction of sp³-hybridized carbons (Fsp3) is 0.625. The Bertz CT molecular complexity index is 404. The molecule has 0 saturated carbocycles. The van der Waals surface area contributed by atoms with Crippen molar-refractivity contribution in [2.45, 2.75) is 44.9 Å². The van der Waals surface area contributed by atoms with Gasteiger partial charge in [0.25, 0.3) is 0 Å². The lowest BCUT2D eigenvalue weighted by molar-refractivity contribution is 0.1000. The molecule has 2 rings (SSSR count). The van der Waals surface area contributed by atoms with Gasteiger partial charge in [0, 0.05) is 30.3 Å². The summed E-state index contributed by atoms with van der Waals surface area (Å²) in [5, 5.41) is 0.728. The summed E-state index contributed by atoms with van der Waals surface area (Å²) in [5.74, 6) is 1.01. The maximum absolute atomic E-state index is 6.41. The number of benzene rings is 1. The molecule has 1 aliphatic heterocycles. The highest BCUT2D eigenvalue weighted by Crippen LogP contribution is 2.29. The normalized spacial score (nSPS) is 18.5. The first kappa shape index (κ1) is 14.9. The summed E-state index contributed by atoms with van der Waals surface area (Å²) < 4.78 is 5.40. The average Bonchev–Trinajstić information content (AvgIpc) is 2.36. The maximum Gasteiger partial charge on any atom is 0.0476 e. The molecule has 1 aromatic rings. The van der Waals surface area contributed by atoms with E-state index in [1.54, 1.807) is 0 Å². The minimum Gasteiger partial charge on any atom is -0.381 e. The molecule has 2 nitrogen and oxygen atoms in total. The molecular formula is C16H25NOS. The van der Waals surface area contributed by atoms with Crippen LogP contribution in [0.25, 0.3) is 0 Å². The molecule has 1 fully saturated rings. The van der Waals surface area contributed by atoms with E-state index < -0.39 is 0 Å². The summed E-state index contributed by atoms with van der Waals surface area (Å²) in [5.41, 5.74) is 11.7. The van der Waals surface area contributed by atoms with Crippen LogP contribution in [0.3, 0.4) is 0 Å². The van der Waals surface area contributed by atoms with Gasteiger partial charge in [-0.3, -0.25) is 0 Å². The summed E-state index contributed by atoms with van der Waals surface area (Å²) in [7, 11) is 0. The smallest absolute Gasteiger partial charge is 0.0476 e. The quantitative estimate of drug-likeness (QED) is 0.916. The molecule has 3 heteroatoms. The largest absolute Gasteiger partial charge is 0.381 e. The molecule has 1 aliphatic rings. The second-order valence-electron chi connectivity index (χ2n) is 5.56. The van der Waals surface area contributed by atoms with Crippen molar-refractivity contribution in [3.05, 3.63) is 34.4 Å². The van der Waals surface area contributed by atoms with E-state index in [0.717, 1.165) is 24.2 Å². The number of nitrogens with two attached hydrogens (primary N) is 1. The van der Waals surface area contributed by atoms with E-state index in [1.165, 1.54) is 35.1 Å². The van der Waals surface area contributed by atoms with Gasteiger partial charge < -0.3 is 10.5 Å². The van der Waals surface area contributed by atoms with E-state index in [4.69, 9.17) is 10.5 Å². The van der Waals surface area contributed by atoms with Crippen LogP contribution >= 0.6 is 11.8 Å². The number of aryl methyl sites for hydroxylation is 3. The van der Waals surface area contributed by atoms with E-state index >= 15 is 0 Å². The second kappa shape index (κ2) is 6.78. The van der Waals surface area contributed by atoms with E-state index in [9.17, 15) is 0 Å². The van der Waals surface area contributed by atoms with Gasteiger partial charge in [-0.2, -0.15) is 11.8 Å². The Hall–Kier alpha value is -0.510. The van der Waals surface area contributed by atoms with E-state index in [0.29, 0.717) is 0 Å². The van der Waals surface area contributed by atoms with E-state index in [1.807, 2.05) is 11.8 Å². The predicted octanol–water partition coefficient (Wildman–Crippen LogP) is 3.52. The minimum absolute atomic E-state index is 0.147. The maximum atomic E-state index is 6.41. The number of ether oxygens (including phenoxy) is 1. The van der Waals surface area contributed by atoms with Crippen LogP contribution < -0.4 is 5.73 Å². The Balaban J connectivity index is 1.97. The number of thioether (sulfide) groups is 1. The molecule has 1 saturated heterocycles. The van der Waals surface area contributed by atoms with Crippen LogP contribution in [0.15, 0.2) is 12.1 Å². The van der Waals surface area contributed by atoms with Crippen LogP contribution in [0.4, 0.5) is 0 Å². The summed E-state index contributed by atoms with van der Waals surface area (Å²) in [6.07, 6.45) is 2.34. The van der Waals surface area contributed by atoms with Gasteiger partial charge in [-0.05, 0) is 50.3 Å². The zero-order valence-electron chi connectivity index (χ0n) is 12.2. The molecule has 1 unspecified atom stereocenters. The third kappa shape index (κ3) is 3.98. The zero-order valence-corrected chi connectivity index (χ0v) is 13.1. The highest BCUT2D eigenvalue weighted by molar-refractivity contribution is 7.99. The fourth-order valence-corrected chi connectivity index (χ4v) is 4.11. The standard InChI is InChI=1S/C16H25NOS/c1-11-8-12(2)16(13(3)9-11)15(17)10-19-14-4-6-18-7-5-14/h8-9,14-15H,4-7,10,17H2,1-3H3. The lowest BCUT2D eigenvalue weighted by atomic mass is 9.95. The molecule has 0 spiro atoms. The first-order chi connectivity index (χ1) is 9.08. The molecular weight excluding hydrogens is 254 g/mol. The van der Waals surface area contributed by atoms with E-state index in [-0.39, 0.29) is 6.04 Å². The predicted molar refractivity (Wildman–Crippen MR) is 83.9 cm³/mol. The second-order valence-corrected chi connectivity index (χ2v) is 6.90. The summed E-state index contributed by atoms with van der Waals surface area (Å²) in [6.45, 7) is 8.32. The van der Waals surface area contributed by atoms with Crippen molar-refractivity contribution in [2.75, 3.05) is 19.0 Å². The first-order valence-electron chi connectivity index (χ1n) is 7.10. The topological polar surface area (TPSA) is 35.2 Å². The van der Waals surface area contributed by atoms with Crippen molar-refractivity contribution in [1.29, 1.82) is 0 Å². The third-order valence-corrected chi connectivity index (χ3v) is 5.28. The van der Waals surface area contributed by atoms with Gasteiger partial charge in [0.15, 0.2) is 0 Å². The van der Waals surface area contributed by atoms with Gasteiger partial charge in [0.1, 0.15) is 0 Å². The van der Waals surface area contributed by atoms with Gasteiger partial charge in [-0.25, -0.2) is 0 Å². The van der Waals surface area contributed by atoms with Crippen LogP contribution in [-0.2, 0) is 4.74 Å². The van der Waals surface area contributed by atoms with Crippen molar-refractivity contribution in [2.24, 2.45) is 5.73 Å². The van der Waals surface area contributed by atoms with Crippen LogP contribution in [0.1, 0.15) is 41.1 Å². The number of hydrogen-bond acceptors (Lipinski definition) is 3. The lowest BCUT2D eigenvalue weighted by Crippen LogP contribution is -2.22. The molecule has 1 heterocycles. The van der Waals surface area contributed by atoms with Crippen LogP contribution in [0.2, 0.25) is 0 Å². The molecule has 106 valence electrons. The van der Waals surface area contributed by atoms with Crippen molar-refractivity contribution in [3.63, 3.8) is 0 Å². The molecule has 1 aromatic carbocycles. The Labute approximate surface area is 121 Å². The Kier molecular flexibility index (Phi) is 5.31. The third-order valence-electron chi connectivity index (χ3n) is 3.79. The molecule has 0 amide bonds. The van der Waals surface area contributed by atoms with Crippen LogP contribution in [-0.4, -0.2) is 24.2 Å². The first-order valence-corrected chi connectivity index (χ1v) is 8.15. The van der Waals surface area contributed by atoms with Crippen molar-refractivity contribution in [3.8, 4) is 0 Å². The van der Waals surface area contributed by atoms with Gasteiger partial charge >= 0.3 is 0 Å². The highest BCUT2D eigenvalue weighted by Gasteiger charge is 2.18. The summed E-state index contributed by atoms with van der Waals surface area (Å²) in [6, 6.07) is 4.62. The van der Waals surface area contributed by atoms with Crippen molar-refractivity contribution >= 4 is 11.8 Å². The molecule has 2 N–H and O–H groups in total. The number of rotatable bonds is 4. The highest BCUT2D eigenvalue weighted by atomic mass is 32.2. The van der Waals surface area contributed by atoms with Gasteiger partial charge in [-0.1, -0.05) is 17.7 Å². The molecule has 19 heavy (non-hydrogen) atoms. The minimum atomic E-state index is 0.147. The Morgan fingerprint density at radius 1 is 1.21 bits per heavy atom. The number of hydrogen-bond donors (Lipinski definition) is 1. The molecule has 0 aromatic heterocycles. The fourth-order valence-electron chi connectivity index (χ4n) is 2.94. The molecule has 0 aliphatic carbocycles. The van der Waals surface area contributed by atoms with Gasteiger partial charge in [0.05, 0.1) is 0 Å².